The van der Waals surface area contributed by atoms with Crippen LogP contribution < -0.4 is 5.32 Å². The molecule has 3 heterocycles. The van der Waals surface area contributed by atoms with Gasteiger partial charge >= 0.3 is 0 Å². The van der Waals surface area contributed by atoms with Crippen molar-refractivity contribution in [3.8, 4) is 11.5 Å². The van der Waals surface area contributed by atoms with Crippen LogP contribution >= 0.6 is 11.6 Å². The van der Waals surface area contributed by atoms with Crippen molar-refractivity contribution in [2.75, 3.05) is 18.4 Å². The maximum atomic E-state index is 13.6. The molecule has 1 aliphatic heterocycles. The zero-order valence-electron chi connectivity index (χ0n) is 19.4. The lowest BCUT2D eigenvalue weighted by molar-refractivity contribution is -0.121. The average molecular weight is 488 g/mol. The molecule has 4 aromatic rings. The van der Waals surface area contributed by atoms with Crippen LogP contribution in [0.1, 0.15) is 28.8 Å². The van der Waals surface area contributed by atoms with Crippen molar-refractivity contribution in [2.24, 2.45) is 5.92 Å². The van der Waals surface area contributed by atoms with Crippen LogP contribution in [0.2, 0.25) is 5.02 Å². The Kier molecular flexibility index (Phi) is 6.42. The minimum Gasteiger partial charge on any atom is -0.338 e. The Bertz CT molecular complexity index is 1340. The Balaban J connectivity index is 1.31. The van der Waals surface area contributed by atoms with Crippen molar-refractivity contribution in [2.45, 2.75) is 19.8 Å². The number of nitrogens with zero attached hydrogens (tertiary/aromatic N) is 4. The number of carbonyl (C=O) groups is 2. The molecule has 2 amide bonds. The molecule has 8 heteroatoms. The van der Waals surface area contributed by atoms with Crippen LogP contribution in [0, 0.1) is 12.8 Å². The summed E-state index contributed by atoms with van der Waals surface area (Å²) in [5.74, 6) is 0.420. The van der Waals surface area contributed by atoms with Crippen LogP contribution in [-0.4, -0.2) is 44.2 Å². The second kappa shape index (κ2) is 9.80. The summed E-state index contributed by atoms with van der Waals surface area (Å²) in [6.45, 7) is 2.95. The SMILES string of the molecule is Cc1ccc(Cl)cc1NC(=O)C1CCN(C(=O)c2cnn(-c3ccccc3)c2-n2cccc2)CC1. The predicted octanol–water partition coefficient (Wildman–Crippen LogP) is 5.12. The lowest BCUT2D eigenvalue weighted by atomic mass is 9.95. The van der Waals surface area contributed by atoms with Crippen LogP contribution in [0.3, 0.4) is 0 Å². The van der Waals surface area contributed by atoms with E-state index >= 15 is 0 Å². The van der Waals surface area contributed by atoms with Gasteiger partial charge in [-0.05, 0) is 61.7 Å². The molecule has 0 saturated carbocycles. The molecule has 2 aromatic carbocycles. The number of rotatable bonds is 5. The summed E-state index contributed by atoms with van der Waals surface area (Å²) in [5, 5.41) is 8.12. The summed E-state index contributed by atoms with van der Waals surface area (Å²) in [6.07, 6.45) is 6.64. The quantitative estimate of drug-likeness (QED) is 0.425. The Labute approximate surface area is 208 Å². The fourth-order valence-electron chi connectivity index (χ4n) is 4.45. The molecule has 5 rings (SSSR count). The zero-order valence-corrected chi connectivity index (χ0v) is 20.2. The van der Waals surface area contributed by atoms with E-state index in [0.717, 1.165) is 16.9 Å². The predicted molar refractivity (Wildman–Crippen MR) is 136 cm³/mol. The monoisotopic (exact) mass is 487 g/mol. The lowest BCUT2D eigenvalue weighted by Gasteiger charge is -2.31. The molecule has 0 radical (unpaired) electrons. The zero-order chi connectivity index (χ0) is 24.4. The first-order valence-electron chi connectivity index (χ1n) is 11.6. The molecule has 0 atom stereocenters. The fraction of sp³-hybridized carbons (Fsp3) is 0.222. The highest BCUT2D eigenvalue weighted by Gasteiger charge is 2.30. The van der Waals surface area contributed by atoms with Crippen LogP contribution in [-0.2, 0) is 4.79 Å². The summed E-state index contributed by atoms with van der Waals surface area (Å²) in [6, 6.07) is 19.0. The van der Waals surface area contributed by atoms with Gasteiger partial charge in [-0.2, -0.15) is 5.10 Å². The number of anilines is 1. The van der Waals surface area contributed by atoms with Gasteiger partial charge in [-0.3, -0.25) is 9.59 Å². The maximum Gasteiger partial charge on any atom is 0.259 e. The van der Waals surface area contributed by atoms with Crippen LogP contribution in [0.25, 0.3) is 11.5 Å². The van der Waals surface area contributed by atoms with Crippen molar-refractivity contribution in [3.63, 3.8) is 0 Å². The average Bonchev–Trinajstić information content (AvgIpc) is 3.56. The molecule has 0 unspecified atom stereocenters. The van der Waals surface area contributed by atoms with E-state index in [1.807, 2.05) is 77.3 Å². The second-order valence-electron chi connectivity index (χ2n) is 8.73. The van der Waals surface area contributed by atoms with Crippen molar-refractivity contribution < 1.29 is 9.59 Å². The standard InChI is InChI=1S/C27H26ClN5O2/c1-19-9-10-21(28)17-24(19)30-25(34)20-11-15-32(16-12-20)27(35)23-18-29-33(22-7-3-2-4-8-22)26(23)31-13-5-6-14-31/h2-10,13-14,17-18,20H,11-12,15-16H2,1H3,(H,30,34). The highest BCUT2D eigenvalue weighted by Crippen LogP contribution is 2.26. The molecular weight excluding hydrogens is 462 g/mol. The van der Waals surface area contributed by atoms with Gasteiger partial charge in [0.05, 0.1) is 11.9 Å². The number of halogens is 1. The first-order valence-corrected chi connectivity index (χ1v) is 12.0. The number of likely N-dealkylation sites (tertiary alicyclic amines) is 1. The molecule has 7 nitrogen and oxygen atoms in total. The first-order chi connectivity index (χ1) is 17.0. The Morgan fingerprint density at radius 1 is 1.00 bits per heavy atom. The minimum absolute atomic E-state index is 0.0348. The topological polar surface area (TPSA) is 72.2 Å². The normalized spacial score (nSPS) is 14.2. The van der Waals surface area contributed by atoms with Gasteiger partial charge in [0.1, 0.15) is 5.56 Å². The number of para-hydroxylation sites is 1. The van der Waals surface area contributed by atoms with E-state index in [9.17, 15) is 9.59 Å². The van der Waals surface area contributed by atoms with E-state index in [-0.39, 0.29) is 17.7 Å². The summed E-state index contributed by atoms with van der Waals surface area (Å²) in [4.78, 5) is 28.2. The molecule has 178 valence electrons. The number of hydrogen-bond acceptors (Lipinski definition) is 3. The highest BCUT2D eigenvalue weighted by atomic mass is 35.5. The third-order valence-corrected chi connectivity index (χ3v) is 6.67. The van der Waals surface area contributed by atoms with Crippen molar-refractivity contribution in [1.29, 1.82) is 0 Å². The third-order valence-electron chi connectivity index (χ3n) is 6.43. The van der Waals surface area contributed by atoms with E-state index in [4.69, 9.17) is 11.6 Å². The molecule has 0 aliphatic carbocycles. The van der Waals surface area contributed by atoms with Gasteiger partial charge in [0, 0.05) is 42.1 Å². The van der Waals surface area contributed by atoms with Crippen molar-refractivity contribution in [3.05, 3.63) is 95.4 Å². The highest BCUT2D eigenvalue weighted by molar-refractivity contribution is 6.31. The number of carbonyl (C=O) groups excluding carboxylic acids is 2. The van der Waals surface area contributed by atoms with Crippen molar-refractivity contribution >= 4 is 29.1 Å². The second-order valence-corrected chi connectivity index (χ2v) is 9.17. The molecule has 0 bridgehead atoms. The molecular formula is C27H26ClN5O2. The summed E-state index contributed by atoms with van der Waals surface area (Å²) in [5.41, 5.74) is 3.10. The number of aryl methyl sites for hydroxylation is 1. The van der Waals surface area contributed by atoms with E-state index < -0.39 is 0 Å². The number of aromatic nitrogens is 3. The number of amides is 2. The van der Waals surface area contributed by atoms with Gasteiger partial charge in [-0.15, -0.1) is 0 Å². The molecule has 1 saturated heterocycles. The van der Waals surface area contributed by atoms with E-state index in [1.54, 1.807) is 23.0 Å². The van der Waals surface area contributed by atoms with Gasteiger partial charge < -0.3 is 14.8 Å². The summed E-state index contributed by atoms with van der Waals surface area (Å²) >= 11 is 6.08. The van der Waals surface area contributed by atoms with Gasteiger partial charge in [0.15, 0.2) is 5.82 Å². The smallest absolute Gasteiger partial charge is 0.259 e. The summed E-state index contributed by atoms with van der Waals surface area (Å²) < 4.78 is 3.68. The van der Waals surface area contributed by atoms with Crippen LogP contribution in [0.15, 0.2) is 79.3 Å². The Morgan fingerprint density at radius 3 is 2.43 bits per heavy atom. The molecule has 1 N–H and O–H groups in total. The maximum absolute atomic E-state index is 13.6. The molecule has 2 aromatic heterocycles. The molecule has 35 heavy (non-hydrogen) atoms. The number of nitrogens with one attached hydrogen (secondary N) is 1. The van der Waals surface area contributed by atoms with Crippen LogP contribution in [0.5, 0.6) is 0 Å². The van der Waals surface area contributed by atoms with Gasteiger partial charge in [0.25, 0.3) is 5.91 Å². The molecule has 0 spiro atoms. The van der Waals surface area contributed by atoms with Crippen molar-refractivity contribution in [1.82, 2.24) is 19.2 Å². The van der Waals surface area contributed by atoms with E-state index in [1.165, 1.54) is 0 Å². The number of benzene rings is 2. The summed E-state index contributed by atoms with van der Waals surface area (Å²) in [7, 11) is 0. The van der Waals surface area contributed by atoms with Gasteiger partial charge in [0.2, 0.25) is 5.91 Å². The third kappa shape index (κ3) is 4.72. The number of hydrogen-bond donors (Lipinski definition) is 1. The fourth-order valence-corrected chi connectivity index (χ4v) is 4.63. The Morgan fingerprint density at radius 2 is 1.71 bits per heavy atom. The lowest BCUT2D eigenvalue weighted by Crippen LogP contribution is -2.41. The van der Waals surface area contributed by atoms with Crippen LogP contribution in [0.4, 0.5) is 5.69 Å². The first kappa shape index (κ1) is 22.9. The number of piperidine rings is 1. The molecule has 1 fully saturated rings. The van der Waals surface area contributed by atoms with E-state index in [0.29, 0.717) is 42.3 Å². The largest absolute Gasteiger partial charge is 0.338 e. The van der Waals surface area contributed by atoms with E-state index in [2.05, 4.69) is 10.4 Å². The minimum atomic E-state index is -0.159. The van der Waals surface area contributed by atoms with Gasteiger partial charge in [-0.1, -0.05) is 35.9 Å². The van der Waals surface area contributed by atoms with Gasteiger partial charge in [-0.25, -0.2) is 4.68 Å². The Hall–Kier alpha value is -3.84. The molecule has 1 aliphatic rings.